The Morgan fingerprint density at radius 1 is 1.12 bits per heavy atom. The molecule has 0 aliphatic carbocycles. The van der Waals surface area contributed by atoms with Gasteiger partial charge in [-0.05, 0) is 25.0 Å². The van der Waals surface area contributed by atoms with Crippen LogP contribution in [0.5, 0.6) is 0 Å². The van der Waals surface area contributed by atoms with Crippen molar-refractivity contribution >= 4 is 40.2 Å². The van der Waals surface area contributed by atoms with E-state index in [1.807, 2.05) is 35.3 Å². The molecule has 1 aliphatic heterocycles. The van der Waals surface area contributed by atoms with Gasteiger partial charge in [-0.15, -0.1) is 12.4 Å². The molecule has 6 N–H and O–H groups in total. The summed E-state index contributed by atoms with van der Waals surface area (Å²) >= 11 is 0. The fourth-order valence-electron chi connectivity index (χ4n) is 2.42. The van der Waals surface area contributed by atoms with E-state index in [1.54, 1.807) is 9.73 Å². The smallest absolute Gasteiger partial charge is 0.295 e. The van der Waals surface area contributed by atoms with Crippen LogP contribution in [0.3, 0.4) is 0 Å². The molecule has 1 aliphatic rings. The van der Waals surface area contributed by atoms with E-state index >= 15 is 0 Å². The van der Waals surface area contributed by atoms with Gasteiger partial charge in [0.05, 0.1) is 5.69 Å². The van der Waals surface area contributed by atoms with Crippen LogP contribution in [0.25, 0.3) is 0 Å². The largest absolute Gasteiger partial charge is 0.298 e. The molecule has 11 heteroatoms. The minimum Gasteiger partial charge on any atom is -0.295 e. The summed E-state index contributed by atoms with van der Waals surface area (Å²) in [6, 6.07) is 9.28. The van der Waals surface area contributed by atoms with E-state index < -0.39 is 16.2 Å². The van der Waals surface area contributed by atoms with Crippen LogP contribution >= 0.6 is 12.4 Å². The zero-order valence-corrected chi connectivity index (χ0v) is 14.7. The zero-order valence-electron chi connectivity index (χ0n) is 13.0. The Bertz CT molecular complexity index is 662. The van der Waals surface area contributed by atoms with Crippen LogP contribution < -0.4 is 20.2 Å². The van der Waals surface area contributed by atoms with Crippen LogP contribution in [0.1, 0.15) is 19.3 Å². The van der Waals surface area contributed by atoms with Gasteiger partial charge in [0.1, 0.15) is 0 Å². The fraction of sp³-hybridized carbons (Fsp3) is 0.385. The van der Waals surface area contributed by atoms with Crippen LogP contribution in [-0.2, 0) is 10.2 Å². The second-order valence-corrected chi connectivity index (χ2v) is 6.45. The van der Waals surface area contributed by atoms with E-state index in [0.717, 1.165) is 38.0 Å². The van der Waals surface area contributed by atoms with Crippen molar-refractivity contribution in [2.24, 2.45) is 5.14 Å². The molecule has 0 aromatic heterocycles. The van der Waals surface area contributed by atoms with Gasteiger partial charge in [-0.1, -0.05) is 24.6 Å². The van der Waals surface area contributed by atoms with Gasteiger partial charge in [-0.2, -0.15) is 8.42 Å². The first-order valence-corrected chi connectivity index (χ1v) is 8.76. The fourth-order valence-corrected chi connectivity index (χ4v) is 2.75. The molecule has 1 saturated heterocycles. The molecule has 9 nitrogen and oxygen atoms in total. The SMILES string of the molecule is Cl.N=C(NC(=N)N(c1ccccc1)N1CCCCC1)NS(N)(=O)=O. The molecule has 1 heterocycles. The molecule has 0 amide bonds. The Labute approximate surface area is 147 Å². The lowest BCUT2D eigenvalue weighted by Gasteiger charge is -2.38. The summed E-state index contributed by atoms with van der Waals surface area (Å²) in [7, 11) is -4.05. The third-order valence-corrected chi connectivity index (χ3v) is 3.80. The molecule has 1 fully saturated rings. The van der Waals surface area contributed by atoms with E-state index in [2.05, 4.69) is 5.32 Å². The number of guanidine groups is 2. The minimum absolute atomic E-state index is 0. The average Bonchev–Trinajstić information content (AvgIpc) is 2.47. The average molecular weight is 376 g/mol. The molecule has 0 radical (unpaired) electrons. The van der Waals surface area contributed by atoms with Crippen molar-refractivity contribution in [1.29, 1.82) is 10.8 Å². The Morgan fingerprint density at radius 2 is 1.71 bits per heavy atom. The highest BCUT2D eigenvalue weighted by Crippen LogP contribution is 2.19. The maximum absolute atomic E-state index is 11.0. The number of anilines is 1. The van der Waals surface area contributed by atoms with Gasteiger partial charge >= 0.3 is 0 Å². The van der Waals surface area contributed by atoms with Gasteiger partial charge in [0.25, 0.3) is 10.2 Å². The highest BCUT2D eigenvalue weighted by Gasteiger charge is 2.23. The van der Waals surface area contributed by atoms with Crippen LogP contribution in [0.2, 0.25) is 0 Å². The predicted octanol–water partition coefficient (Wildman–Crippen LogP) is 0.568. The monoisotopic (exact) mass is 375 g/mol. The van der Waals surface area contributed by atoms with E-state index in [1.165, 1.54) is 0 Å². The number of benzene rings is 1. The van der Waals surface area contributed by atoms with Crippen molar-refractivity contribution in [2.45, 2.75) is 19.3 Å². The third kappa shape index (κ3) is 5.96. The molecule has 24 heavy (non-hydrogen) atoms. The van der Waals surface area contributed by atoms with Crippen LogP contribution in [-0.4, -0.2) is 38.4 Å². The number of nitrogens with two attached hydrogens (primary N) is 1. The van der Waals surface area contributed by atoms with Gasteiger partial charge < -0.3 is 0 Å². The van der Waals surface area contributed by atoms with Gasteiger partial charge in [-0.25, -0.2) is 19.9 Å². The van der Waals surface area contributed by atoms with Crippen molar-refractivity contribution in [2.75, 3.05) is 18.1 Å². The molecule has 0 bridgehead atoms. The highest BCUT2D eigenvalue weighted by molar-refractivity contribution is 7.87. The second-order valence-electron chi connectivity index (χ2n) is 5.16. The van der Waals surface area contributed by atoms with Crippen molar-refractivity contribution < 1.29 is 8.42 Å². The maximum atomic E-state index is 11.0. The molecule has 2 rings (SSSR count). The van der Waals surface area contributed by atoms with Gasteiger partial charge in [0.2, 0.25) is 11.9 Å². The summed E-state index contributed by atoms with van der Waals surface area (Å²) in [5.41, 5.74) is 0.760. The number of piperidine rings is 1. The number of halogens is 1. The summed E-state index contributed by atoms with van der Waals surface area (Å²) in [5.74, 6) is -0.699. The highest BCUT2D eigenvalue weighted by atomic mass is 35.5. The molecule has 1 aromatic carbocycles. The summed E-state index contributed by atoms with van der Waals surface area (Å²) in [4.78, 5) is 0. The normalized spacial score (nSPS) is 15.0. The second kappa shape index (κ2) is 8.83. The molecule has 0 spiro atoms. The van der Waals surface area contributed by atoms with Crippen LogP contribution in [0.4, 0.5) is 5.69 Å². The lowest BCUT2D eigenvalue weighted by atomic mass is 10.1. The number of hydrogen-bond donors (Lipinski definition) is 5. The first-order chi connectivity index (χ1) is 10.9. The van der Waals surface area contributed by atoms with Crippen molar-refractivity contribution in [3.05, 3.63) is 30.3 Å². The Balaban J connectivity index is 0.00000288. The Hall–Kier alpha value is -1.88. The number of rotatable bonds is 3. The first-order valence-electron chi connectivity index (χ1n) is 7.21. The number of nitrogens with one attached hydrogen (secondary N) is 4. The van der Waals surface area contributed by atoms with Crippen molar-refractivity contribution in [3.8, 4) is 0 Å². The molecule has 134 valence electrons. The number of para-hydroxylation sites is 1. The summed E-state index contributed by atoms with van der Waals surface area (Å²) < 4.78 is 23.7. The van der Waals surface area contributed by atoms with Gasteiger partial charge in [0.15, 0.2) is 0 Å². The lowest BCUT2D eigenvalue weighted by molar-refractivity contribution is 0.235. The van der Waals surface area contributed by atoms with E-state index in [9.17, 15) is 8.42 Å². The quantitative estimate of drug-likeness (QED) is 0.388. The Kier molecular flexibility index (Phi) is 7.42. The maximum Gasteiger partial charge on any atom is 0.298 e. The van der Waals surface area contributed by atoms with Crippen molar-refractivity contribution in [1.82, 2.24) is 15.0 Å². The molecule has 0 atom stereocenters. The standard InChI is InChI=1S/C13H21N7O2S.ClH/c14-12(18-23(16,21)22)17-13(15)20(11-7-3-1-4-8-11)19-9-5-2-6-10-19;/h1,3-4,7-8H,2,5-6,9-10H2,(H2,16,21,22)(H4,14,15,17,18);1H. The first kappa shape index (κ1) is 20.2. The van der Waals surface area contributed by atoms with Gasteiger partial charge in [0, 0.05) is 13.1 Å². The van der Waals surface area contributed by atoms with Gasteiger partial charge in [-0.3, -0.25) is 16.1 Å². The summed E-state index contributed by atoms with van der Waals surface area (Å²) in [6.45, 7) is 1.57. The molecular weight excluding hydrogens is 354 g/mol. The topological polar surface area (TPSA) is 138 Å². The Morgan fingerprint density at radius 3 is 2.25 bits per heavy atom. The van der Waals surface area contributed by atoms with E-state index in [4.69, 9.17) is 16.0 Å². The summed E-state index contributed by atoms with van der Waals surface area (Å²) in [6.07, 6.45) is 3.18. The van der Waals surface area contributed by atoms with Crippen LogP contribution in [0, 0.1) is 10.8 Å². The van der Waals surface area contributed by atoms with Crippen molar-refractivity contribution in [3.63, 3.8) is 0 Å². The molecule has 1 aromatic rings. The number of nitrogens with zero attached hydrogens (tertiary/aromatic N) is 2. The number of hydrazine groups is 1. The van der Waals surface area contributed by atoms with Crippen LogP contribution in [0.15, 0.2) is 30.3 Å². The molecular formula is C13H22ClN7O2S. The zero-order chi connectivity index (χ0) is 16.9. The molecule has 0 saturated carbocycles. The molecule has 0 unspecified atom stereocenters. The minimum atomic E-state index is -4.05. The van der Waals surface area contributed by atoms with E-state index in [0.29, 0.717) is 0 Å². The lowest BCUT2D eigenvalue weighted by Crippen LogP contribution is -2.57. The third-order valence-electron chi connectivity index (χ3n) is 3.32. The predicted molar refractivity (Wildman–Crippen MR) is 96.4 cm³/mol. The number of hydrogen-bond acceptors (Lipinski definition) is 5. The summed E-state index contributed by atoms with van der Waals surface area (Å²) in [5, 5.41) is 26.7. The van der Waals surface area contributed by atoms with E-state index in [-0.39, 0.29) is 18.4 Å².